The van der Waals surface area contributed by atoms with Gasteiger partial charge in [-0.25, -0.2) is 0 Å². The summed E-state index contributed by atoms with van der Waals surface area (Å²) >= 11 is 0. The van der Waals surface area contributed by atoms with Crippen LogP contribution in [0, 0.1) is 0 Å². The third-order valence-electron chi connectivity index (χ3n) is 2.55. The van der Waals surface area contributed by atoms with E-state index in [1.54, 1.807) is 0 Å². The zero-order valence-electron chi connectivity index (χ0n) is 9.21. The standard InChI is InChI=1S/C10H23N3/c1-12(2)8-6-11-7-9-13(3)10-4-5-10/h10-11H,4-9H2,1-3H3. The minimum atomic E-state index is 0.899. The highest BCUT2D eigenvalue weighted by Gasteiger charge is 2.25. The molecule has 0 aromatic heterocycles. The second kappa shape index (κ2) is 5.58. The smallest absolute Gasteiger partial charge is 0.0107 e. The molecular weight excluding hydrogens is 162 g/mol. The van der Waals surface area contributed by atoms with Gasteiger partial charge in [0.15, 0.2) is 0 Å². The molecular formula is C10H23N3. The molecule has 0 aromatic rings. The number of likely N-dealkylation sites (N-methyl/N-ethyl adjacent to an activating group) is 2. The normalized spacial score (nSPS) is 17.3. The Hall–Kier alpha value is -0.120. The molecule has 1 rings (SSSR count). The van der Waals surface area contributed by atoms with E-state index < -0.39 is 0 Å². The molecule has 3 heteroatoms. The summed E-state index contributed by atoms with van der Waals surface area (Å²) in [7, 11) is 6.45. The highest BCUT2D eigenvalue weighted by molar-refractivity contribution is 4.82. The van der Waals surface area contributed by atoms with Gasteiger partial charge in [0.1, 0.15) is 0 Å². The molecule has 0 unspecified atom stereocenters. The van der Waals surface area contributed by atoms with Gasteiger partial charge in [0.2, 0.25) is 0 Å². The van der Waals surface area contributed by atoms with Crippen LogP contribution in [0.5, 0.6) is 0 Å². The molecule has 1 aliphatic carbocycles. The van der Waals surface area contributed by atoms with Gasteiger partial charge in [0.25, 0.3) is 0 Å². The highest BCUT2D eigenvalue weighted by Crippen LogP contribution is 2.24. The first-order valence-electron chi connectivity index (χ1n) is 5.26. The van der Waals surface area contributed by atoms with Crippen LogP contribution < -0.4 is 5.32 Å². The Bertz CT molecular complexity index is 132. The quantitative estimate of drug-likeness (QED) is 0.573. The summed E-state index contributed by atoms with van der Waals surface area (Å²) in [5.74, 6) is 0. The molecule has 0 aliphatic heterocycles. The average molecular weight is 185 g/mol. The van der Waals surface area contributed by atoms with Crippen molar-refractivity contribution in [3.8, 4) is 0 Å². The predicted molar refractivity (Wildman–Crippen MR) is 57.1 cm³/mol. The van der Waals surface area contributed by atoms with Gasteiger partial charge in [-0.1, -0.05) is 0 Å². The van der Waals surface area contributed by atoms with Gasteiger partial charge in [-0.2, -0.15) is 0 Å². The lowest BCUT2D eigenvalue weighted by molar-refractivity contribution is 0.317. The predicted octanol–water partition coefficient (Wildman–Crippen LogP) is 0.232. The Morgan fingerprint density at radius 1 is 1.08 bits per heavy atom. The highest BCUT2D eigenvalue weighted by atomic mass is 15.2. The van der Waals surface area contributed by atoms with Gasteiger partial charge in [-0.05, 0) is 34.0 Å². The van der Waals surface area contributed by atoms with E-state index >= 15 is 0 Å². The van der Waals surface area contributed by atoms with Crippen LogP contribution in [-0.4, -0.2) is 63.2 Å². The molecule has 0 bridgehead atoms. The summed E-state index contributed by atoms with van der Waals surface area (Å²) in [5, 5.41) is 3.45. The largest absolute Gasteiger partial charge is 0.314 e. The van der Waals surface area contributed by atoms with Gasteiger partial charge in [0, 0.05) is 32.2 Å². The Morgan fingerprint density at radius 2 is 1.69 bits per heavy atom. The number of hydrogen-bond acceptors (Lipinski definition) is 3. The van der Waals surface area contributed by atoms with Crippen molar-refractivity contribution < 1.29 is 0 Å². The summed E-state index contributed by atoms with van der Waals surface area (Å²) in [5.41, 5.74) is 0. The van der Waals surface area contributed by atoms with Gasteiger partial charge < -0.3 is 15.1 Å². The van der Waals surface area contributed by atoms with Crippen LogP contribution in [0.1, 0.15) is 12.8 Å². The van der Waals surface area contributed by atoms with Crippen molar-refractivity contribution in [3.63, 3.8) is 0 Å². The molecule has 0 saturated heterocycles. The summed E-state index contributed by atoms with van der Waals surface area (Å²) in [6, 6.07) is 0.899. The number of nitrogens with one attached hydrogen (secondary N) is 1. The van der Waals surface area contributed by atoms with Crippen molar-refractivity contribution in [1.82, 2.24) is 15.1 Å². The third-order valence-corrected chi connectivity index (χ3v) is 2.55. The fourth-order valence-corrected chi connectivity index (χ4v) is 1.38. The summed E-state index contributed by atoms with van der Waals surface area (Å²) < 4.78 is 0. The van der Waals surface area contributed by atoms with Crippen LogP contribution in [0.25, 0.3) is 0 Å². The van der Waals surface area contributed by atoms with Crippen LogP contribution >= 0.6 is 0 Å². The van der Waals surface area contributed by atoms with Crippen molar-refractivity contribution in [2.24, 2.45) is 0 Å². The molecule has 1 fully saturated rings. The molecule has 0 amide bonds. The maximum Gasteiger partial charge on any atom is 0.0107 e. The van der Waals surface area contributed by atoms with Gasteiger partial charge in [-0.3, -0.25) is 0 Å². The fraction of sp³-hybridized carbons (Fsp3) is 1.00. The molecule has 1 saturated carbocycles. The zero-order chi connectivity index (χ0) is 9.68. The molecule has 0 radical (unpaired) electrons. The summed E-state index contributed by atoms with van der Waals surface area (Å²) in [4.78, 5) is 4.67. The maximum atomic E-state index is 3.45. The molecule has 0 heterocycles. The van der Waals surface area contributed by atoms with Crippen molar-refractivity contribution in [2.45, 2.75) is 18.9 Å². The Balaban J connectivity index is 1.83. The molecule has 0 spiro atoms. The maximum absolute atomic E-state index is 3.45. The topological polar surface area (TPSA) is 18.5 Å². The molecule has 1 N–H and O–H groups in total. The first-order valence-corrected chi connectivity index (χ1v) is 5.26. The zero-order valence-corrected chi connectivity index (χ0v) is 9.21. The van der Waals surface area contributed by atoms with E-state index in [0.717, 1.165) is 25.7 Å². The third kappa shape index (κ3) is 5.24. The SMILES string of the molecule is CN(C)CCNCCN(C)C1CC1. The number of hydrogen-bond donors (Lipinski definition) is 1. The van der Waals surface area contributed by atoms with Crippen molar-refractivity contribution in [3.05, 3.63) is 0 Å². The lowest BCUT2D eigenvalue weighted by Gasteiger charge is -2.16. The molecule has 1 aliphatic rings. The second-order valence-corrected chi connectivity index (χ2v) is 4.27. The Morgan fingerprint density at radius 3 is 2.23 bits per heavy atom. The van der Waals surface area contributed by atoms with E-state index in [4.69, 9.17) is 0 Å². The van der Waals surface area contributed by atoms with Crippen LogP contribution in [-0.2, 0) is 0 Å². The van der Waals surface area contributed by atoms with E-state index in [2.05, 4.69) is 36.3 Å². The number of rotatable bonds is 7. The fourth-order valence-electron chi connectivity index (χ4n) is 1.38. The van der Waals surface area contributed by atoms with E-state index in [-0.39, 0.29) is 0 Å². The molecule has 78 valence electrons. The Labute approximate surface area is 82.1 Å². The molecule has 0 aromatic carbocycles. The summed E-state index contributed by atoms with van der Waals surface area (Å²) in [6.07, 6.45) is 2.82. The minimum absolute atomic E-state index is 0.899. The monoisotopic (exact) mass is 185 g/mol. The first kappa shape index (κ1) is 11.0. The minimum Gasteiger partial charge on any atom is -0.314 e. The first-order chi connectivity index (χ1) is 6.20. The van der Waals surface area contributed by atoms with Gasteiger partial charge >= 0.3 is 0 Å². The van der Waals surface area contributed by atoms with Crippen molar-refractivity contribution in [1.29, 1.82) is 0 Å². The molecule has 3 nitrogen and oxygen atoms in total. The van der Waals surface area contributed by atoms with E-state index in [1.807, 2.05) is 0 Å². The lowest BCUT2D eigenvalue weighted by Crippen LogP contribution is -2.34. The van der Waals surface area contributed by atoms with Crippen molar-refractivity contribution in [2.75, 3.05) is 47.3 Å². The number of nitrogens with zero attached hydrogens (tertiary/aromatic N) is 2. The average Bonchev–Trinajstić information content (AvgIpc) is 2.85. The van der Waals surface area contributed by atoms with E-state index in [9.17, 15) is 0 Å². The van der Waals surface area contributed by atoms with Crippen LogP contribution in [0.4, 0.5) is 0 Å². The molecule has 0 atom stereocenters. The van der Waals surface area contributed by atoms with Gasteiger partial charge in [-0.15, -0.1) is 0 Å². The molecule has 13 heavy (non-hydrogen) atoms. The lowest BCUT2D eigenvalue weighted by atomic mass is 10.5. The van der Waals surface area contributed by atoms with Gasteiger partial charge in [0.05, 0.1) is 0 Å². The summed E-state index contributed by atoms with van der Waals surface area (Å²) in [6.45, 7) is 4.55. The van der Waals surface area contributed by atoms with E-state index in [1.165, 1.54) is 19.4 Å². The van der Waals surface area contributed by atoms with Crippen LogP contribution in [0.2, 0.25) is 0 Å². The van der Waals surface area contributed by atoms with Crippen LogP contribution in [0.15, 0.2) is 0 Å². The Kier molecular flexibility index (Phi) is 4.70. The van der Waals surface area contributed by atoms with Crippen molar-refractivity contribution >= 4 is 0 Å². The van der Waals surface area contributed by atoms with E-state index in [0.29, 0.717) is 0 Å². The second-order valence-electron chi connectivity index (χ2n) is 4.27. The van der Waals surface area contributed by atoms with Crippen LogP contribution in [0.3, 0.4) is 0 Å².